The number of aromatic nitrogens is 3. The fraction of sp³-hybridized carbons (Fsp3) is 0.182. The van der Waals surface area contributed by atoms with Crippen LogP contribution in [0.4, 0.5) is 4.39 Å². The average Bonchev–Trinajstić information content (AvgIpc) is 3.26. The van der Waals surface area contributed by atoms with Crippen LogP contribution in [0.2, 0.25) is 5.02 Å². The molecule has 0 fully saturated rings. The van der Waals surface area contributed by atoms with Crippen molar-refractivity contribution in [3.05, 3.63) is 76.8 Å². The van der Waals surface area contributed by atoms with Crippen molar-refractivity contribution >= 4 is 56.0 Å². The molecule has 1 aromatic carbocycles. The highest BCUT2D eigenvalue weighted by Gasteiger charge is 2.22. The van der Waals surface area contributed by atoms with E-state index in [4.69, 9.17) is 23.2 Å². The van der Waals surface area contributed by atoms with Crippen molar-refractivity contribution in [2.75, 3.05) is 0 Å². The van der Waals surface area contributed by atoms with E-state index in [-0.39, 0.29) is 11.4 Å². The van der Waals surface area contributed by atoms with Crippen LogP contribution in [0.15, 0.2) is 65.9 Å². The number of alkyl halides is 1. The lowest BCUT2D eigenvalue weighted by molar-refractivity contribution is 0.664. The Kier molecular flexibility index (Phi) is 9.04. The van der Waals surface area contributed by atoms with Crippen LogP contribution in [0.3, 0.4) is 0 Å². The van der Waals surface area contributed by atoms with Crippen LogP contribution in [0, 0.1) is 0 Å². The Bertz CT molecular complexity index is 1070. The van der Waals surface area contributed by atoms with E-state index in [1.807, 2.05) is 30.3 Å². The number of rotatable bonds is 5. The summed E-state index contributed by atoms with van der Waals surface area (Å²) in [6.07, 6.45) is 2.97. The van der Waals surface area contributed by atoms with Gasteiger partial charge in [-0.2, -0.15) is 5.10 Å². The highest BCUT2D eigenvalue weighted by atomic mass is 79.9. The maximum atomic E-state index is 14.5. The topological polar surface area (TPSA) is 30.7 Å². The van der Waals surface area contributed by atoms with Gasteiger partial charge in [-0.1, -0.05) is 45.7 Å². The van der Waals surface area contributed by atoms with Gasteiger partial charge in [-0.3, -0.25) is 0 Å². The van der Waals surface area contributed by atoms with Crippen molar-refractivity contribution < 1.29 is 4.39 Å². The molecule has 0 radical (unpaired) electrons. The number of aryl methyl sites for hydroxylation is 1. The Morgan fingerprint density at radius 3 is 2.50 bits per heavy atom. The SMILES string of the molecule is C/C=C\C(F)=C(\c1nc(-c2sc(-c3ccc(Br)cc3)cc2Cl)n(C)n1)C(C)Cl.C=C. The molecule has 0 bridgehead atoms. The van der Waals surface area contributed by atoms with Gasteiger partial charge in [-0.05, 0) is 43.7 Å². The number of thiophene rings is 1. The highest BCUT2D eigenvalue weighted by Crippen LogP contribution is 2.41. The number of benzene rings is 1. The highest BCUT2D eigenvalue weighted by molar-refractivity contribution is 9.10. The standard InChI is InChI=1S/C20H17BrCl2FN3S.C2H4/c1-4-5-15(24)17(11(2)22)19-25-20(27(3)26-19)18-14(23)10-16(28-18)12-6-8-13(21)9-7-12;1-2/h4-11H,1-3H3;1-2H2/b5-4-,17-15-;. The molecule has 0 aliphatic heterocycles. The molecular weight excluding hydrogens is 508 g/mol. The third kappa shape index (κ3) is 5.49. The van der Waals surface area contributed by atoms with Gasteiger partial charge in [0.2, 0.25) is 0 Å². The second-order valence-corrected chi connectivity index (χ2v) is 9.08. The van der Waals surface area contributed by atoms with Gasteiger partial charge in [-0.15, -0.1) is 36.1 Å². The molecule has 3 aromatic rings. The maximum Gasteiger partial charge on any atom is 0.182 e. The molecule has 8 heteroatoms. The van der Waals surface area contributed by atoms with Gasteiger partial charge in [0.1, 0.15) is 5.83 Å². The summed E-state index contributed by atoms with van der Waals surface area (Å²) in [5.41, 5.74) is 1.31. The minimum Gasteiger partial charge on any atom is -0.248 e. The van der Waals surface area contributed by atoms with Crippen molar-refractivity contribution in [3.63, 3.8) is 0 Å². The van der Waals surface area contributed by atoms with E-state index in [2.05, 4.69) is 39.2 Å². The quantitative estimate of drug-likeness (QED) is 0.189. The normalized spacial score (nSPS) is 13.0. The number of hydrogen-bond acceptors (Lipinski definition) is 3. The van der Waals surface area contributed by atoms with E-state index in [9.17, 15) is 4.39 Å². The smallest absolute Gasteiger partial charge is 0.182 e. The molecule has 30 heavy (non-hydrogen) atoms. The minimum atomic E-state index is -0.580. The van der Waals surface area contributed by atoms with Crippen LogP contribution >= 0.6 is 50.5 Å². The third-order valence-corrected chi connectivity index (χ3v) is 6.33. The lowest BCUT2D eigenvalue weighted by Crippen LogP contribution is -2.02. The van der Waals surface area contributed by atoms with Crippen molar-refractivity contribution in [2.24, 2.45) is 7.05 Å². The van der Waals surface area contributed by atoms with E-state index in [1.165, 1.54) is 17.4 Å². The van der Waals surface area contributed by atoms with Crippen molar-refractivity contribution in [1.82, 2.24) is 14.8 Å². The van der Waals surface area contributed by atoms with Crippen molar-refractivity contribution in [1.29, 1.82) is 0 Å². The number of nitrogens with zero attached hydrogens (tertiary/aromatic N) is 3. The second kappa shape index (κ2) is 11.0. The first-order valence-electron chi connectivity index (χ1n) is 8.95. The Labute approximate surface area is 198 Å². The molecule has 0 saturated carbocycles. The Morgan fingerprint density at radius 1 is 1.30 bits per heavy atom. The number of allylic oxidation sites excluding steroid dienone is 4. The Morgan fingerprint density at radius 2 is 1.93 bits per heavy atom. The second-order valence-electron chi connectivity index (χ2n) is 6.05. The summed E-state index contributed by atoms with van der Waals surface area (Å²) in [4.78, 5) is 6.33. The zero-order valence-corrected chi connectivity index (χ0v) is 20.7. The molecule has 1 atom stereocenters. The summed E-state index contributed by atoms with van der Waals surface area (Å²) in [7, 11) is 1.76. The molecule has 0 aliphatic rings. The molecule has 158 valence electrons. The molecule has 0 spiro atoms. The van der Waals surface area contributed by atoms with Gasteiger partial charge >= 0.3 is 0 Å². The molecular formula is C22H21BrCl2FN3S. The van der Waals surface area contributed by atoms with Crippen LogP contribution in [0.5, 0.6) is 0 Å². The lowest BCUT2D eigenvalue weighted by atomic mass is 10.1. The Balaban J connectivity index is 0.00000155. The first kappa shape index (κ1) is 24.5. The molecule has 0 N–H and O–H groups in total. The fourth-order valence-electron chi connectivity index (χ4n) is 2.68. The molecule has 0 aliphatic carbocycles. The monoisotopic (exact) mass is 527 g/mol. The van der Waals surface area contributed by atoms with E-state index in [0.717, 1.165) is 19.8 Å². The van der Waals surface area contributed by atoms with Crippen LogP contribution in [0.1, 0.15) is 19.7 Å². The Hall–Kier alpha value is -1.73. The van der Waals surface area contributed by atoms with Gasteiger partial charge in [0.05, 0.1) is 20.8 Å². The van der Waals surface area contributed by atoms with Gasteiger partial charge in [0, 0.05) is 16.4 Å². The molecule has 2 heterocycles. The van der Waals surface area contributed by atoms with Gasteiger partial charge in [-0.25, -0.2) is 14.1 Å². The van der Waals surface area contributed by atoms with Crippen molar-refractivity contribution in [3.8, 4) is 21.1 Å². The molecule has 3 rings (SSSR count). The van der Waals surface area contributed by atoms with E-state index >= 15 is 0 Å². The third-order valence-electron chi connectivity index (χ3n) is 3.99. The zero-order chi connectivity index (χ0) is 22.4. The van der Waals surface area contributed by atoms with Crippen LogP contribution in [0.25, 0.3) is 26.7 Å². The van der Waals surface area contributed by atoms with Crippen LogP contribution in [-0.2, 0) is 7.05 Å². The van der Waals surface area contributed by atoms with Crippen LogP contribution < -0.4 is 0 Å². The van der Waals surface area contributed by atoms with E-state index in [1.54, 1.807) is 31.7 Å². The van der Waals surface area contributed by atoms with Gasteiger partial charge in [0.15, 0.2) is 11.6 Å². The predicted octanol–water partition coefficient (Wildman–Crippen LogP) is 8.31. The summed E-state index contributed by atoms with van der Waals surface area (Å²) in [5, 5.41) is 4.37. The van der Waals surface area contributed by atoms with E-state index in [0.29, 0.717) is 10.8 Å². The zero-order valence-electron chi connectivity index (χ0n) is 16.8. The molecule has 3 nitrogen and oxygen atoms in total. The molecule has 2 aromatic heterocycles. The minimum absolute atomic E-state index is 0.252. The summed E-state index contributed by atoms with van der Waals surface area (Å²) in [6, 6.07) is 9.89. The molecule has 0 saturated heterocycles. The van der Waals surface area contributed by atoms with Crippen LogP contribution in [-0.4, -0.2) is 20.1 Å². The first-order valence-corrected chi connectivity index (χ1v) is 11.4. The summed E-state index contributed by atoms with van der Waals surface area (Å²) >= 11 is 17.6. The first-order chi connectivity index (χ1) is 14.3. The number of hydrogen-bond donors (Lipinski definition) is 0. The van der Waals surface area contributed by atoms with E-state index < -0.39 is 11.2 Å². The number of halogens is 4. The maximum absolute atomic E-state index is 14.5. The fourth-order valence-corrected chi connectivity index (χ4v) is 4.60. The summed E-state index contributed by atoms with van der Waals surface area (Å²) < 4.78 is 17.1. The predicted molar refractivity (Wildman–Crippen MR) is 132 cm³/mol. The van der Waals surface area contributed by atoms with Gasteiger partial charge < -0.3 is 0 Å². The largest absolute Gasteiger partial charge is 0.248 e. The van der Waals surface area contributed by atoms with Gasteiger partial charge in [0.25, 0.3) is 0 Å². The average molecular weight is 529 g/mol. The summed E-state index contributed by atoms with van der Waals surface area (Å²) in [6.45, 7) is 9.43. The molecule has 0 amide bonds. The molecule has 1 unspecified atom stereocenters. The lowest BCUT2D eigenvalue weighted by Gasteiger charge is -2.05. The summed E-state index contributed by atoms with van der Waals surface area (Å²) in [5.74, 6) is 0.372. The van der Waals surface area contributed by atoms with Crippen molar-refractivity contribution in [2.45, 2.75) is 19.2 Å².